The van der Waals surface area contributed by atoms with Crippen LogP contribution >= 0.6 is 35.7 Å². The maximum atomic E-state index is 10.4. The number of aliphatic imine (C=N–C) groups is 1. The summed E-state index contributed by atoms with van der Waals surface area (Å²) in [5.41, 5.74) is -0.647. The van der Waals surface area contributed by atoms with Crippen LogP contribution in [0.5, 0.6) is 5.75 Å². The summed E-state index contributed by atoms with van der Waals surface area (Å²) in [4.78, 5) is 4.55. The Morgan fingerprint density at radius 2 is 2.04 bits per heavy atom. The lowest BCUT2D eigenvalue weighted by molar-refractivity contribution is 0.0778. The minimum Gasteiger partial charge on any atom is -0.494 e. The smallest absolute Gasteiger partial charge is 0.191 e. The molecule has 3 N–H and O–H groups in total. The number of fused-ring (bicyclic) bond motifs is 1. The molecule has 0 amide bonds. The van der Waals surface area contributed by atoms with Gasteiger partial charge in [-0.3, -0.25) is 4.99 Å². The number of benzene rings is 2. The summed E-state index contributed by atoms with van der Waals surface area (Å²) in [6, 6.07) is 14.5. The van der Waals surface area contributed by atoms with Gasteiger partial charge in [0.2, 0.25) is 0 Å². The molecule has 5 nitrogen and oxygen atoms in total. The minimum absolute atomic E-state index is 0. The zero-order chi connectivity index (χ0) is 19.0. The van der Waals surface area contributed by atoms with Gasteiger partial charge < -0.3 is 20.5 Å². The highest BCUT2D eigenvalue weighted by Crippen LogP contribution is 2.27. The van der Waals surface area contributed by atoms with Crippen molar-refractivity contribution in [3.63, 3.8) is 0 Å². The van der Waals surface area contributed by atoms with Crippen LogP contribution in [0.25, 0.3) is 10.8 Å². The van der Waals surface area contributed by atoms with E-state index in [-0.39, 0.29) is 24.0 Å². The van der Waals surface area contributed by atoms with Crippen LogP contribution in [0.4, 0.5) is 0 Å². The predicted octanol–water partition coefficient (Wildman–Crippen LogP) is 3.65. The van der Waals surface area contributed by atoms with E-state index in [2.05, 4.69) is 39.9 Å². The van der Waals surface area contributed by atoms with E-state index in [9.17, 15) is 5.11 Å². The molecule has 0 bridgehead atoms. The van der Waals surface area contributed by atoms with Gasteiger partial charge in [-0.2, -0.15) is 11.8 Å². The molecule has 2 aromatic carbocycles. The molecule has 28 heavy (non-hydrogen) atoms. The highest BCUT2D eigenvalue weighted by atomic mass is 127. The first-order valence-electron chi connectivity index (χ1n) is 9.62. The van der Waals surface area contributed by atoms with Gasteiger partial charge in [-0.25, -0.2) is 0 Å². The van der Waals surface area contributed by atoms with Crippen molar-refractivity contribution >= 4 is 52.5 Å². The zero-order valence-corrected chi connectivity index (χ0v) is 19.5. The summed E-state index contributed by atoms with van der Waals surface area (Å²) >= 11 is 1.79. The Bertz CT molecular complexity index is 766. The molecule has 0 aromatic heterocycles. The molecule has 1 atom stereocenters. The summed E-state index contributed by atoms with van der Waals surface area (Å²) in [6.07, 6.45) is 1.69. The molecular formula is C21H30IN3O2S. The van der Waals surface area contributed by atoms with Gasteiger partial charge in [-0.15, -0.1) is 24.0 Å². The molecule has 0 saturated carbocycles. The molecule has 0 spiro atoms. The Labute approximate surface area is 188 Å². The van der Waals surface area contributed by atoms with Crippen LogP contribution in [0.1, 0.15) is 19.8 Å². The lowest BCUT2D eigenvalue weighted by atomic mass is 10.1. The Morgan fingerprint density at radius 3 is 2.79 bits per heavy atom. The van der Waals surface area contributed by atoms with E-state index in [1.54, 1.807) is 11.8 Å². The van der Waals surface area contributed by atoms with Gasteiger partial charge in [0, 0.05) is 18.8 Å². The number of aliphatic hydroxyl groups is 1. The van der Waals surface area contributed by atoms with Crippen molar-refractivity contribution in [2.45, 2.75) is 25.4 Å². The number of hydrogen-bond acceptors (Lipinski definition) is 4. The third kappa shape index (κ3) is 7.00. The highest BCUT2D eigenvalue weighted by molar-refractivity contribution is 14.0. The number of halogens is 1. The fraction of sp³-hybridized carbons (Fsp3) is 0.476. The van der Waals surface area contributed by atoms with Crippen LogP contribution in [0.15, 0.2) is 47.5 Å². The van der Waals surface area contributed by atoms with Gasteiger partial charge in [-0.05, 0) is 48.4 Å². The maximum absolute atomic E-state index is 10.4. The van der Waals surface area contributed by atoms with Crippen LogP contribution in [0.2, 0.25) is 0 Å². The van der Waals surface area contributed by atoms with Crippen molar-refractivity contribution < 1.29 is 9.84 Å². The van der Waals surface area contributed by atoms with Gasteiger partial charge in [0.25, 0.3) is 0 Å². The number of hydrogen-bond donors (Lipinski definition) is 3. The molecule has 1 aliphatic rings. The van der Waals surface area contributed by atoms with Crippen LogP contribution in [0, 0.1) is 0 Å². The summed E-state index contributed by atoms with van der Waals surface area (Å²) < 4.78 is 5.87. The molecule has 1 unspecified atom stereocenters. The molecule has 3 rings (SSSR count). The van der Waals surface area contributed by atoms with E-state index >= 15 is 0 Å². The number of ether oxygens (including phenoxy) is 1. The highest BCUT2D eigenvalue weighted by Gasteiger charge is 2.31. The number of nitrogens with zero attached hydrogens (tertiary/aromatic N) is 1. The van der Waals surface area contributed by atoms with Crippen molar-refractivity contribution in [3.05, 3.63) is 42.5 Å². The van der Waals surface area contributed by atoms with Crippen molar-refractivity contribution in [2.24, 2.45) is 4.99 Å². The second kappa shape index (κ2) is 11.7. The van der Waals surface area contributed by atoms with E-state index in [4.69, 9.17) is 4.74 Å². The second-order valence-corrected chi connectivity index (χ2v) is 7.97. The van der Waals surface area contributed by atoms with Crippen molar-refractivity contribution in [3.8, 4) is 5.75 Å². The zero-order valence-electron chi connectivity index (χ0n) is 16.3. The fourth-order valence-corrected chi connectivity index (χ4v) is 4.30. The van der Waals surface area contributed by atoms with Gasteiger partial charge in [0.05, 0.1) is 18.8 Å². The van der Waals surface area contributed by atoms with Crippen LogP contribution in [0.3, 0.4) is 0 Å². The first-order chi connectivity index (χ1) is 13.2. The average molecular weight is 515 g/mol. The number of rotatable bonds is 8. The molecule has 154 valence electrons. The van der Waals surface area contributed by atoms with E-state index in [1.165, 1.54) is 10.8 Å². The van der Waals surface area contributed by atoms with Gasteiger partial charge >= 0.3 is 0 Å². The molecule has 0 radical (unpaired) electrons. The second-order valence-electron chi connectivity index (χ2n) is 6.86. The van der Waals surface area contributed by atoms with Crippen molar-refractivity contribution in [2.75, 3.05) is 37.7 Å². The minimum atomic E-state index is -0.647. The summed E-state index contributed by atoms with van der Waals surface area (Å²) in [5, 5.41) is 19.4. The third-order valence-electron chi connectivity index (χ3n) is 4.56. The Kier molecular flexibility index (Phi) is 9.67. The molecular weight excluding hydrogens is 485 g/mol. The fourth-order valence-electron chi connectivity index (χ4n) is 3.02. The molecule has 7 heteroatoms. The normalized spacial score (nSPS) is 19.3. The van der Waals surface area contributed by atoms with E-state index in [0.29, 0.717) is 13.2 Å². The SMILES string of the molecule is CCNC(=NCC1(O)CCSC1)NCCCOc1ccc2ccccc2c1.I. The monoisotopic (exact) mass is 515 g/mol. The standard InChI is InChI=1S/C21H29N3O2S.HI/c1-2-22-20(24-15-21(25)10-13-27-16-21)23-11-5-12-26-19-9-8-17-6-3-4-7-18(17)14-19;/h3-4,6-9,14,25H,2,5,10-13,15-16H2,1H3,(H2,22,23,24);1H. The van der Waals surface area contributed by atoms with Crippen LogP contribution < -0.4 is 15.4 Å². The van der Waals surface area contributed by atoms with E-state index in [1.807, 2.05) is 25.1 Å². The molecule has 1 fully saturated rings. The van der Waals surface area contributed by atoms with Crippen molar-refractivity contribution in [1.82, 2.24) is 10.6 Å². The summed E-state index contributed by atoms with van der Waals surface area (Å²) in [6.45, 7) is 4.70. The molecule has 1 saturated heterocycles. The van der Waals surface area contributed by atoms with Crippen molar-refractivity contribution in [1.29, 1.82) is 0 Å². The summed E-state index contributed by atoms with van der Waals surface area (Å²) in [7, 11) is 0. The molecule has 2 aromatic rings. The van der Waals surface area contributed by atoms with Gasteiger partial charge in [0.15, 0.2) is 5.96 Å². The van der Waals surface area contributed by atoms with Gasteiger partial charge in [-0.1, -0.05) is 30.3 Å². The average Bonchev–Trinajstić information content (AvgIpc) is 3.12. The first kappa shape index (κ1) is 23.1. The lowest BCUT2D eigenvalue weighted by Gasteiger charge is -2.19. The summed E-state index contributed by atoms with van der Waals surface area (Å²) in [5.74, 6) is 3.45. The van der Waals surface area contributed by atoms with E-state index < -0.39 is 5.60 Å². The Morgan fingerprint density at radius 1 is 1.21 bits per heavy atom. The van der Waals surface area contributed by atoms with Crippen LogP contribution in [-0.4, -0.2) is 54.4 Å². The Hall–Kier alpha value is -1.19. The quantitative estimate of drug-likeness (QED) is 0.217. The largest absolute Gasteiger partial charge is 0.494 e. The Balaban J connectivity index is 0.00000280. The predicted molar refractivity (Wildman–Crippen MR) is 130 cm³/mol. The lowest BCUT2D eigenvalue weighted by Crippen LogP contribution is -2.40. The molecule has 0 aliphatic carbocycles. The maximum Gasteiger partial charge on any atom is 0.191 e. The number of nitrogens with one attached hydrogen (secondary N) is 2. The number of thioether (sulfide) groups is 1. The van der Waals surface area contributed by atoms with Crippen LogP contribution in [-0.2, 0) is 0 Å². The van der Waals surface area contributed by atoms with E-state index in [0.717, 1.165) is 49.1 Å². The molecule has 1 heterocycles. The third-order valence-corrected chi connectivity index (χ3v) is 5.80. The topological polar surface area (TPSA) is 65.9 Å². The van der Waals surface area contributed by atoms with Gasteiger partial charge in [0.1, 0.15) is 5.75 Å². The molecule has 1 aliphatic heterocycles. The first-order valence-corrected chi connectivity index (χ1v) is 10.8. The number of guanidine groups is 1.